The fourth-order valence-corrected chi connectivity index (χ4v) is 3.60. The molecule has 3 aromatic rings. The van der Waals surface area contributed by atoms with Gasteiger partial charge in [0.25, 0.3) is 11.8 Å². The van der Waals surface area contributed by atoms with E-state index in [9.17, 15) is 4.79 Å². The van der Waals surface area contributed by atoms with Crippen molar-refractivity contribution in [1.29, 1.82) is 0 Å². The van der Waals surface area contributed by atoms with Gasteiger partial charge < -0.3 is 15.0 Å². The molecule has 1 amide bonds. The maximum atomic E-state index is 12.5. The van der Waals surface area contributed by atoms with E-state index in [-0.39, 0.29) is 5.91 Å². The van der Waals surface area contributed by atoms with Crippen molar-refractivity contribution in [2.75, 3.05) is 18.0 Å². The van der Waals surface area contributed by atoms with Crippen LogP contribution in [-0.4, -0.2) is 29.0 Å². The van der Waals surface area contributed by atoms with Crippen molar-refractivity contribution in [2.45, 2.75) is 33.2 Å². The van der Waals surface area contributed by atoms with E-state index in [1.807, 2.05) is 31.2 Å². The predicted molar refractivity (Wildman–Crippen MR) is 122 cm³/mol. The maximum absolute atomic E-state index is 12.5. The third-order valence-electron chi connectivity index (χ3n) is 5.63. The van der Waals surface area contributed by atoms with Gasteiger partial charge >= 0.3 is 0 Å². The Labute approximate surface area is 183 Å². The summed E-state index contributed by atoms with van der Waals surface area (Å²) in [5.41, 5.74) is 2.86. The lowest BCUT2D eigenvalue weighted by Gasteiger charge is -2.31. The zero-order valence-electron chi connectivity index (χ0n) is 18.0. The van der Waals surface area contributed by atoms with Crippen LogP contribution in [-0.2, 0) is 6.54 Å². The number of aromatic nitrogens is 2. The Bertz CT molecular complexity index is 1010. The molecule has 160 valence electrons. The molecule has 2 heterocycles. The minimum Gasteiger partial charge on any atom is -0.436 e. The average molecular weight is 417 g/mol. The first-order valence-corrected chi connectivity index (χ1v) is 10.8. The average Bonchev–Trinajstić information content (AvgIpc) is 2.80. The van der Waals surface area contributed by atoms with E-state index in [0.717, 1.165) is 43.2 Å². The number of anilines is 1. The Hall–Kier alpha value is -3.41. The molecule has 6 nitrogen and oxygen atoms in total. The van der Waals surface area contributed by atoms with Gasteiger partial charge in [0.2, 0.25) is 0 Å². The Kier molecular flexibility index (Phi) is 6.46. The summed E-state index contributed by atoms with van der Waals surface area (Å²) in [6.45, 7) is 6.73. The highest BCUT2D eigenvalue weighted by Gasteiger charge is 2.21. The smallest absolute Gasteiger partial charge is 0.263 e. The van der Waals surface area contributed by atoms with Gasteiger partial charge in [0, 0.05) is 37.6 Å². The summed E-state index contributed by atoms with van der Waals surface area (Å²) in [5, 5.41) is 2.95. The molecule has 0 atom stereocenters. The monoisotopic (exact) mass is 416 g/mol. The first-order valence-electron chi connectivity index (χ1n) is 10.8. The van der Waals surface area contributed by atoms with Crippen LogP contribution < -0.4 is 15.0 Å². The van der Waals surface area contributed by atoms with Gasteiger partial charge in [0.1, 0.15) is 5.75 Å². The standard InChI is InChI=1S/C25H28N4O2/c1-18-3-5-20(6-4-18)17-28-24(30)21-7-9-22(10-8-21)31-25-23(26-13-14-27-25)29-15-11-19(2)12-16-29/h3-10,13-14,19H,11-12,15-17H2,1-2H3,(H,28,30). The highest BCUT2D eigenvalue weighted by Crippen LogP contribution is 2.30. The molecule has 31 heavy (non-hydrogen) atoms. The van der Waals surface area contributed by atoms with Gasteiger partial charge in [-0.1, -0.05) is 36.8 Å². The number of nitrogens with zero attached hydrogens (tertiary/aromatic N) is 3. The van der Waals surface area contributed by atoms with Gasteiger partial charge in [-0.2, -0.15) is 0 Å². The van der Waals surface area contributed by atoms with Crippen LogP contribution in [0, 0.1) is 12.8 Å². The molecule has 1 fully saturated rings. The Balaban J connectivity index is 1.38. The van der Waals surface area contributed by atoms with Crippen LogP contribution in [0.2, 0.25) is 0 Å². The number of aryl methyl sites for hydroxylation is 1. The number of ether oxygens (including phenoxy) is 1. The molecule has 0 aliphatic carbocycles. The fraction of sp³-hybridized carbons (Fsp3) is 0.320. The molecule has 0 radical (unpaired) electrons. The Morgan fingerprint density at radius 1 is 1.03 bits per heavy atom. The van der Waals surface area contributed by atoms with Crippen LogP contribution in [0.3, 0.4) is 0 Å². The van der Waals surface area contributed by atoms with Gasteiger partial charge in [-0.05, 0) is 55.5 Å². The van der Waals surface area contributed by atoms with E-state index in [4.69, 9.17) is 4.74 Å². The molecule has 6 heteroatoms. The molecule has 1 N–H and O–H groups in total. The molecular formula is C25H28N4O2. The largest absolute Gasteiger partial charge is 0.436 e. The molecule has 1 aromatic heterocycles. The molecule has 0 unspecified atom stereocenters. The zero-order chi connectivity index (χ0) is 21.6. The second kappa shape index (κ2) is 9.60. The quantitative estimate of drug-likeness (QED) is 0.628. The van der Waals surface area contributed by atoms with Gasteiger partial charge in [-0.3, -0.25) is 4.79 Å². The summed E-state index contributed by atoms with van der Waals surface area (Å²) >= 11 is 0. The van der Waals surface area contributed by atoms with Crippen LogP contribution >= 0.6 is 0 Å². The summed E-state index contributed by atoms with van der Waals surface area (Å²) in [7, 11) is 0. The van der Waals surface area contributed by atoms with Gasteiger partial charge in [-0.25, -0.2) is 9.97 Å². The second-order valence-corrected chi connectivity index (χ2v) is 8.15. The van der Waals surface area contributed by atoms with Crippen molar-refractivity contribution < 1.29 is 9.53 Å². The number of nitrogens with one attached hydrogen (secondary N) is 1. The molecule has 1 aliphatic heterocycles. The SMILES string of the molecule is Cc1ccc(CNC(=O)c2ccc(Oc3nccnc3N3CCC(C)CC3)cc2)cc1. The molecule has 2 aromatic carbocycles. The lowest BCUT2D eigenvalue weighted by molar-refractivity contribution is 0.0951. The lowest BCUT2D eigenvalue weighted by atomic mass is 9.99. The number of amides is 1. The van der Waals surface area contributed by atoms with Crippen LogP contribution in [0.4, 0.5) is 5.82 Å². The van der Waals surface area contributed by atoms with E-state index in [1.165, 1.54) is 5.56 Å². The molecule has 0 bridgehead atoms. The third kappa shape index (κ3) is 5.40. The van der Waals surface area contributed by atoms with Crippen molar-refractivity contribution in [1.82, 2.24) is 15.3 Å². The molecule has 0 saturated carbocycles. The van der Waals surface area contributed by atoms with E-state index in [1.54, 1.807) is 36.7 Å². The second-order valence-electron chi connectivity index (χ2n) is 8.15. The highest BCUT2D eigenvalue weighted by atomic mass is 16.5. The van der Waals surface area contributed by atoms with E-state index >= 15 is 0 Å². The zero-order valence-corrected chi connectivity index (χ0v) is 18.0. The van der Waals surface area contributed by atoms with E-state index in [0.29, 0.717) is 23.7 Å². The van der Waals surface area contributed by atoms with Crippen molar-refractivity contribution in [3.05, 3.63) is 77.6 Å². The topological polar surface area (TPSA) is 67.3 Å². The molecule has 1 saturated heterocycles. The lowest BCUT2D eigenvalue weighted by Crippen LogP contribution is -2.33. The number of carbonyl (C=O) groups excluding carboxylic acids is 1. The number of hydrogen-bond donors (Lipinski definition) is 1. The van der Waals surface area contributed by atoms with Crippen LogP contribution in [0.1, 0.15) is 41.3 Å². The minimum absolute atomic E-state index is 0.116. The Morgan fingerprint density at radius 3 is 2.42 bits per heavy atom. The van der Waals surface area contributed by atoms with Gasteiger partial charge in [0.15, 0.2) is 5.82 Å². The van der Waals surface area contributed by atoms with Crippen molar-refractivity contribution >= 4 is 11.7 Å². The van der Waals surface area contributed by atoms with Crippen molar-refractivity contribution in [2.24, 2.45) is 5.92 Å². The molecule has 4 rings (SSSR count). The third-order valence-corrected chi connectivity index (χ3v) is 5.63. The summed E-state index contributed by atoms with van der Waals surface area (Å²) in [6.07, 6.45) is 5.62. The van der Waals surface area contributed by atoms with Crippen molar-refractivity contribution in [3.8, 4) is 11.6 Å². The van der Waals surface area contributed by atoms with Crippen LogP contribution in [0.5, 0.6) is 11.6 Å². The number of benzene rings is 2. The first kappa shape index (κ1) is 20.8. The first-order chi connectivity index (χ1) is 15.1. The van der Waals surface area contributed by atoms with Gasteiger partial charge in [-0.15, -0.1) is 0 Å². The highest BCUT2D eigenvalue weighted by molar-refractivity contribution is 5.94. The fourth-order valence-electron chi connectivity index (χ4n) is 3.60. The number of piperidine rings is 1. The summed E-state index contributed by atoms with van der Waals surface area (Å²) in [5.74, 6) is 2.52. The molecule has 0 spiro atoms. The van der Waals surface area contributed by atoms with Crippen molar-refractivity contribution in [3.63, 3.8) is 0 Å². The summed E-state index contributed by atoms with van der Waals surface area (Å²) < 4.78 is 6.02. The minimum atomic E-state index is -0.116. The van der Waals surface area contributed by atoms with Crippen LogP contribution in [0.25, 0.3) is 0 Å². The van der Waals surface area contributed by atoms with Gasteiger partial charge in [0.05, 0.1) is 0 Å². The summed E-state index contributed by atoms with van der Waals surface area (Å²) in [6, 6.07) is 15.2. The summed E-state index contributed by atoms with van der Waals surface area (Å²) in [4.78, 5) is 23.6. The maximum Gasteiger partial charge on any atom is 0.263 e. The predicted octanol–water partition coefficient (Wildman–Crippen LogP) is 4.74. The molecule has 1 aliphatic rings. The number of hydrogen-bond acceptors (Lipinski definition) is 5. The molecular weight excluding hydrogens is 388 g/mol. The number of carbonyl (C=O) groups is 1. The number of rotatable bonds is 6. The Morgan fingerprint density at radius 2 is 1.71 bits per heavy atom. The van der Waals surface area contributed by atoms with E-state index in [2.05, 4.69) is 27.1 Å². The van der Waals surface area contributed by atoms with Crippen LogP contribution in [0.15, 0.2) is 60.9 Å². The van der Waals surface area contributed by atoms with E-state index < -0.39 is 0 Å². The normalized spacial score (nSPS) is 14.3.